The highest BCUT2D eigenvalue weighted by atomic mass is 127. The summed E-state index contributed by atoms with van der Waals surface area (Å²) >= 11 is 0. The average molecular weight is 818 g/mol. The van der Waals surface area contributed by atoms with E-state index in [-0.39, 0.29) is 47.6 Å². The Morgan fingerprint density at radius 3 is 1.98 bits per heavy atom. The number of halogens is 1. The standard InChI is InChI=1S/C19H25NO3.C11H13NO2.C11H22NO.HI/c1-12(2)7-14-11-20-6-5-13-8-18(22-3)19(23-4)9-15(13)16(20)10-17(14)21;1-13-10-5-8-3-4-12-7-9(8)6-11(10)14-2;1-9(2)7-11(10(3)13)8-12(4,5)6;/h8-9,14,16H,1,5-7,10-11H2,2-4H3;5-7H,3-4H2,1-2H3;11H,1,7-8H2,2-6H3;1H/q;;+1;/p-1/t14-,16-;;;/m0.../s1. The maximum absolute atomic E-state index is 12.5. The van der Waals surface area contributed by atoms with E-state index in [1.807, 2.05) is 32.2 Å². The Hall–Kier alpha value is -3.22. The second-order valence-corrected chi connectivity index (χ2v) is 14.8. The molecular formula is C41H60IN3O6. The summed E-state index contributed by atoms with van der Waals surface area (Å²) in [5, 5.41) is 0. The number of methoxy groups -OCH3 is 4. The second-order valence-electron chi connectivity index (χ2n) is 14.8. The summed E-state index contributed by atoms with van der Waals surface area (Å²) in [5.41, 5.74) is 7.08. The molecule has 1 unspecified atom stereocenters. The van der Waals surface area contributed by atoms with Crippen LogP contribution in [0.4, 0.5) is 0 Å². The maximum Gasteiger partial charge on any atom is 0.161 e. The number of aliphatic imine (C=N–C) groups is 1. The molecule has 10 heteroatoms. The lowest BCUT2D eigenvalue weighted by Gasteiger charge is -2.43. The smallest absolute Gasteiger partial charge is 0.161 e. The lowest BCUT2D eigenvalue weighted by atomic mass is 9.81. The van der Waals surface area contributed by atoms with Gasteiger partial charge in [-0.2, -0.15) is 0 Å². The van der Waals surface area contributed by atoms with Crippen LogP contribution >= 0.6 is 0 Å². The van der Waals surface area contributed by atoms with Crippen LogP contribution in [-0.2, 0) is 22.4 Å². The predicted octanol–water partition coefficient (Wildman–Crippen LogP) is 3.71. The highest BCUT2D eigenvalue weighted by molar-refractivity contribution is 5.84. The van der Waals surface area contributed by atoms with Gasteiger partial charge in [-0.05, 0) is 93.0 Å². The predicted molar refractivity (Wildman–Crippen MR) is 202 cm³/mol. The van der Waals surface area contributed by atoms with Crippen molar-refractivity contribution >= 4 is 17.8 Å². The van der Waals surface area contributed by atoms with E-state index in [0.29, 0.717) is 12.2 Å². The minimum atomic E-state index is 0. The van der Waals surface area contributed by atoms with E-state index in [0.717, 1.165) is 96.1 Å². The number of fused-ring (bicyclic) bond motifs is 4. The lowest BCUT2D eigenvalue weighted by Crippen LogP contribution is -3.00. The molecule has 0 spiro atoms. The Balaban J connectivity index is 0.000000280. The number of rotatable bonds is 11. The molecule has 2 aromatic carbocycles. The fourth-order valence-corrected chi connectivity index (χ4v) is 6.92. The van der Waals surface area contributed by atoms with Crippen molar-refractivity contribution < 1.29 is 57.0 Å². The molecule has 282 valence electrons. The summed E-state index contributed by atoms with van der Waals surface area (Å²) in [4.78, 5) is 30.5. The van der Waals surface area contributed by atoms with E-state index < -0.39 is 0 Å². The minimum Gasteiger partial charge on any atom is -1.00 e. The van der Waals surface area contributed by atoms with Gasteiger partial charge in [0.2, 0.25) is 0 Å². The highest BCUT2D eigenvalue weighted by Crippen LogP contribution is 2.42. The molecule has 51 heavy (non-hydrogen) atoms. The van der Waals surface area contributed by atoms with Gasteiger partial charge < -0.3 is 47.4 Å². The van der Waals surface area contributed by atoms with Crippen LogP contribution in [0.2, 0.25) is 0 Å². The van der Waals surface area contributed by atoms with Crippen molar-refractivity contribution in [3.05, 3.63) is 70.8 Å². The molecule has 1 fully saturated rings. The minimum absolute atomic E-state index is 0. The van der Waals surface area contributed by atoms with E-state index in [4.69, 9.17) is 18.9 Å². The first-order chi connectivity index (χ1) is 23.6. The SMILES string of the molecule is C=C(C)CC(C[N+](C)(C)C)C(C)=O.C=C(C)C[C@H]1CN2CCc3cc(OC)c(OC)cc3[C@@H]2CC1=O.COc1cc2c(cc1OC)CCN=C2.[I-]. The summed E-state index contributed by atoms with van der Waals surface area (Å²) < 4.78 is 22.1. The monoisotopic (exact) mass is 817 g/mol. The van der Waals surface area contributed by atoms with Crippen LogP contribution in [0.3, 0.4) is 0 Å². The zero-order valence-electron chi connectivity index (χ0n) is 32.6. The van der Waals surface area contributed by atoms with Crippen molar-refractivity contribution in [1.82, 2.24) is 4.90 Å². The van der Waals surface area contributed by atoms with Crippen LogP contribution < -0.4 is 42.9 Å². The van der Waals surface area contributed by atoms with Gasteiger partial charge >= 0.3 is 0 Å². The van der Waals surface area contributed by atoms with Gasteiger partial charge in [-0.15, -0.1) is 13.2 Å². The first-order valence-corrected chi connectivity index (χ1v) is 17.5. The zero-order valence-corrected chi connectivity index (χ0v) is 34.7. The van der Waals surface area contributed by atoms with Gasteiger partial charge in [0, 0.05) is 44.2 Å². The molecule has 2 aromatic rings. The topological polar surface area (TPSA) is 86.7 Å². The number of hydrogen-bond donors (Lipinski definition) is 0. The quantitative estimate of drug-likeness (QED) is 0.195. The Morgan fingerprint density at radius 1 is 0.882 bits per heavy atom. The summed E-state index contributed by atoms with van der Waals surface area (Å²) in [6.45, 7) is 17.0. The Labute approximate surface area is 323 Å². The molecule has 3 heterocycles. The molecular weight excluding hydrogens is 757 g/mol. The molecule has 5 rings (SSSR count). The Morgan fingerprint density at radius 2 is 1.45 bits per heavy atom. The van der Waals surface area contributed by atoms with Crippen molar-refractivity contribution in [2.45, 2.75) is 58.9 Å². The molecule has 1 saturated heterocycles. The van der Waals surface area contributed by atoms with Crippen molar-refractivity contribution in [3.63, 3.8) is 0 Å². The number of piperidine rings is 1. The number of Topliss-reactive ketones (excluding diaryl/α,β-unsaturated/α-hetero) is 2. The number of carbonyl (C=O) groups is 2. The normalized spacial score (nSPS) is 18.0. The number of hydrogen-bond acceptors (Lipinski definition) is 8. The third-order valence-corrected chi connectivity index (χ3v) is 9.34. The van der Waals surface area contributed by atoms with Crippen LogP contribution in [-0.4, -0.2) is 103 Å². The fourth-order valence-electron chi connectivity index (χ4n) is 6.92. The Bertz CT molecular complexity index is 1560. The van der Waals surface area contributed by atoms with Crippen molar-refractivity contribution in [2.75, 3.05) is 75.8 Å². The fraction of sp³-hybridized carbons (Fsp3) is 0.537. The van der Waals surface area contributed by atoms with Gasteiger partial charge in [0.25, 0.3) is 0 Å². The van der Waals surface area contributed by atoms with Crippen LogP contribution in [0.15, 0.2) is 53.6 Å². The van der Waals surface area contributed by atoms with Gasteiger partial charge in [-0.1, -0.05) is 11.1 Å². The molecule has 0 bridgehead atoms. The first kappa shape index (κ1) is 43.9. The third kappa shape index (κ3) is 12.7. The lowest BCUT2D eigenvalue weighted by molar-refractivity contribution is -0.872. The summed E-state index contributed by atoms with van der Waals surface area (Å²) in [7, 11) is 12.9. The number of carbonyl (C=O) groups excluding carboxylic acids is 2. The van der Waals surface area contributed by atoms with Crippen LogP contribution in [0.5, 0.6) is 23.0 Å². The van der Waals surface area contributed by atoms with Crippen LogP contribution in [0, 0.1) is 11.8 Å². The molecule has 9 nitrogen and oxygen atoms in total. The summed E-state index contributed by atoms with van der Waals surface area (Å²) in [5.74, 6) is 3.93. The number of ether oxygens (including phenoxy) is 4. The molecule has 0 aromatic heterocycles. The molecule has 0 saturated carbocycles. The molecule has 0 radical (unpaired) electrons. The van der Waals surface area contributed by atoms with Gasteiger partial charge in [-0.25, -0.2) is 0 Å². The number of ketones is 2. The molecule has 3 atom stereocenters. The first-order valence-electron chi connectivity index (χ1n) is 17.5. The zero-order chi connectivity index (χ0) is 37.2. The van der Waals surface area contributed by atoms with Crippen LogP contribution in [0.25, 0.3) is 0 Å². The van der Waals surface area contributed by atoms with E-state index in [1.165, 1.54) is 16.7 Å². The Kier molecular flexibility index (Phi) is 17.3. The van der Waals surface area contributed by atoms with E-state index >= 15 is 0 Å². The van der Waals surface area contributed by atoms with Crippen molar-refractivity contribution in [2.24, 2.45) is 16.8 Å². The van der Waals surface area contributed by atoms with Crippen LogP contribution in [0.1, 0.15) is 68.3 Å². The third-order valence-electron chi connectivity index (χ3n) is 9.34. The van der Waals surface area contributed by atoms with E-state index in [2.05, 4.69) is 56.3 Å². The molecule has 0 N–H and O–H groups in total. The van der Waals surface area contributed by atoms with Crippen molar-refractivity contribution in [1.29, 1.82) is 0 Å². The molecule has 3 aliphatic heterocycles. The number of allylic oxidation sites excluding steroid dienone is 2. The van der Waals surface area contributed by atoms with Gasteiger partial charge in [0.05, 0.1) is 62.0 Å². The molecule has 3 aliphatic rings. The number of benzene rings is 2. The number of quaternary nitrogens is 1. The van der Waals surface area contributed by atoms with Gasteiger partial charge in [-0.3, -0.25) is 19.5 Å². The number of nitrogens with zero attached hydrogens (tertiary/aromatic N) is 3. The molecule has 0 amide bonds. The van der Waals surface area contributed by atoms with Gasteiger partial charge in [0.1, 0.15) is 11.6 Å². The summed E-state index contributed by atoms with van der Waals surface area (Å²) in [6.07, 6.45) is 6.07. The average Bonchev–Trinajstić information content (AvgIpc) is 3.06. The largest absolute Gasteiger partial charge is 1.00 e. The van der Waals surface area contributed by atoms with E-state index in [1.54, 1.807) is 35.4 Å². The second kappa shape index (κ2) is 20.1. The molecule has 0 aliphatic carbocycles. The van der Waals surface area contributed by atoms with E-state index in [9.17, 15) is 9.59 Å². The highest BCUT2D eigenvalue weighted by Gasteiger charge is 2.38. The van der Waals surface area contributed by atoms with Crippen molar-refractivity contribution in [3.8, 4) is 23.0 Å². The maximum atomic E-state index is 12.5. The van der Waals surface area contributed by atoms with Gasteiger partial charge in [0.15, 0.2) is 23.0 Å². The summed E-state index contributed by atoms with van der Waals surface area (Å²) in [6, 6.07) is 8.29.